The molecule has 3 heterocycles. The molecule has 1 aliphatic rings. The molecule has 4 rings (SSSR count). The fourth-order valence-electron chi connectivity index (χ4n) is 3.48. The van der Waals surface area contributed by atoms with E-state index in [0.29, 0.717) is 17.1 Å². The molecule has 3 aromatic rings. The van der Waals surface area contributed by atoms with Crippen molar-refractivity contribution in [1.82, 2.24) is 15.5 Å². The number of rotatable bonds is 6. The molecule has 2 aromatic heterocycles. The molecular weight excluding hydrogens is 484 g/mol. The van der Waals surface area contributed by atoms with Crippen LogP contribution in [0.25, 0.3) is 0 Å². The molecule has 0 radical (unpaired) electrons. The predicted molar refractivity (Wildman–Crippen MR) is 140 cm³/mol. The summed E-state index contributed by atoms with van der Waals surface area (Å²) < 4.78 is 11.1. The highest BCUT2D eigenvalue weighted by Gasteiger charge is 2.20. The number of carbonyl (C=O) groups is 2. The van der Waals surface area contributed by atoms with Gasteiger partial charge >= 0.3 is 6.03 Å². The summed E-state index contributed by atoms with van der Waals surface area (Å²) in [5.41, 5.74) is 1.96. The summed E-state index contributed by atoms with van der Waals surface area (Å²) >= 11 is 0. The molecule has 0 spiro atoms. The topological polar surface area (TPSA) is 130 Å². The molecule has 36 heavy (non-hydrogen) atoms. The Morgan fingerprint density at radius 3 is 2.25 bits per heavy atom. The SMILES string of the molecule is CC(C)(C)c1cc(NC(=O)Nc2ccc(NC(=O)c3ccc(OC4CCNCC4)cn3)cc2)on1.Cl. The zero-order chi connectivity index (χ0) is 24.8. The third kappa shape index (κ3) is 7.43. The van der Waals surface area contributed by atoms with E-state index in [4.69, 9.17) is 9.26 Å². The summed E-state index contributed by atoms with van der Waals surface area (Å²) in [4.78, 5) is 29.0. The number of pyridine rings is 1. The lowest BCUT2D eigenvalue weighted by Gasteiger charge is -2.23. The Morgan fingerprint density at radius 1 is 1.00 bits per heavy atom. The highest BCUT2D eigenvalue weighted by Crippen LogP contribution is 2.24. The monoisotopic (exact) mass is 514 g/mol. The smallest absolute Gasteiger partial charge is 0.326 e. The number of piperidine rings is 1. The van der Waals surface area contributed by atoms with Crippen molar-refractivity contribution in [2.45, 2.75) is 45.1 Å². The first kappa shape index (κ1) is 27.0. The largest absolute Gasteiger partial charge is 0.489 e. The number of hydrogen-bond donors (Lipinski definition) is 4. The first-order valence-corrected chi connectivity index (χ1v) is 11.6. The molecule has 0 atom stereocenters. The first-order chi connectivity index (χ1) is 16.8. The fourth-order valence-corrected chi connectivity index (χ4v) is 3.48. The Hall–Kier alpha value is -3.63. The van der Waals surface area contributed by atoms with Crippen LogP contribution in [0.2, 0.25) is 0 Å². The zero-order valence-corrected chi connectivity index (χ0v) is 21.3. The van der Waals surface area contributed by atoms with Crippen molar-refractivity contribution < 1.29 is 18.8 Å². The van der Waals surface area contributed by atoms with Crippen LogP contribution in [-0.2, 0) is 5.41 Å². The third-order valence-corrected chi connectivity index (χ3v) is 5.47. The second-order valence-corrected chi connectivity index (χ2v) is 9.38. The molecule has 192 valence electrons. The number of ether oxygens (including phenoxy) is 1. The van der Waals surface area contributed by atoms with Crippen LogP contribution in [0.1, 0.15) is 49.8 Å². The van der Waals surface area contributed by atoms with Gasteiger partial charge < -0.3 is 25.2 Å². The van der Waals surface area contributed by atoms with E-state index in [1.165, 1.54) is 0 Å². The van der Waals surface area contributed by atoms with E-state index in [1.54, 1.807) is 48.7 Å². The molecule has 0 saturated carbocycles. The van der Waals surface area contributed by atoms with Crippen LogP contribution < -0.4 is 26.0 Å². The maximum Gasteiger partial charge on any atom is 0.326 e. The maximum absolute atomic E-state index is 12.5. The van der Waals surface area contributed by atoms with Gasteiger partial charge in [-0.15, -0.1) is 12.4 Å². The average Bonchev–Trinajstić information content (AvgIpc) is 3.30. The number of amides is 3. The summed E-state index contributed by atoms with van der Waals surface area (Å²) in [6.07, 6.45) is 3.64. The minimum Gasteiger partial charge on any atom is -0.489 e. The summed E-state index contributed by atoms with van der Waals surface area (Å²) in [7, 11) is 0. The number of carbonyl (C=O) groups excluding carboxylic acids is 2. The van der Waals surface area contributed by atoms with Gasteiger partial charge in [0.1, 0.15) is 17.5 Å². The van der Waals surface area contributed by atoms with E-state index in [9.17, 15) is 9.59 Å². The number of benzene rings is 1. The lowest BCUT2D eigenvalue weighted by atomic mass is 9.92. The van der Waals surface area contributed by atoms with Crippen molar-refractivity contribution in [3.63, 3.8) is 0 Å². The lowest BCUT2D eigenvalue weighted by Crippen LogP contribution is -2.34. The molecule has 1 fully saturated rings. The molecule has 1 aromatic carbocycles. The van der Waals surface area contributed by atoms with Crippen molar-refractivity contribution in [2.24, 2.45) is 0 Å². The van der Waals surface area contributed by atoms with Gasteiger partial charge in [0.25, 0.3) is 5.91 Å². The highest BCUT2D eigenvalue weighted by atomic mass is 35.5. The van der Waals surface area contributed by atoms with Crippen LogP contribution in [0.3, 0.4) is 0 Å². The Bertz CT molecular complexity index is 1150. The summed E-state index contributed by atoms with van der Waals surface area (Å²) in [5, 5.41) is 15.4. The van der Waals surface area contributed by atoms with Crippen LogP contribution in [0.5, 0.6) is 5.75 Å². The number of halogens is 1. The number of nitrogens with zero attached hydrogens (tertiary/aromatic N) is 2. The van der Waals surface area contributed by atoms with E-state index in [1.807, 2.05) is 20.8 Å². The number of urea groups is 1. The Balaban J connectivity index is 0.00000361. The Labute approximate surface area is 216 Å². The van der Waals surface area contributed by atoms with E-state index >= 15 is 0 Å². The first-order valence-electron chi connectivity index (χ1n) is 11.6. The van der Waals surface area contributed by atoms with Crippen LogP contribution in [0.4, 0.5) is 22.1 Å². The average molecular weight is 515 g/mol. The number of aromatic nitrogens is 2. The molecular formula is C25H31ClN6O4. The molecule has 0 unspecified atom stereocenters. The molecule has 3 amide bonds. The van der Waals surface area contributed by atoms with Gasteiger partial charge in [0, 0.05) is 22.9 Å². The number of anilines is 3. The van der Waals surface area contributed by atoms with Gasteiger partial charge in [-0.25, -0.2) is 9.78 Å². The van der Waals surface area contributed by atoms with Gasteiger partial charge in [-0.3, -0.25) is 10.1 Å². The van der Waals surface area contributed by atoms with Crippen molar-refractivity contribution in [1.29, 1.82) is 0 Å². The Morgan fingerprint density at radius 2 is 1.67 bits per heavy atom. The second-order valence-electron chi connectivity index (χ2n) is 9.38. The van der Waals surface area contributed by atoms with E-state index in [2.05, 4.69) is 31.4 Å². The predicted octanol–water partition coefficient (Wildman–Crippen LogP) is 4.82. The lowest BCUT2D eigenvalue weighted by molar-refractivity contribution is 0.102. The minimum atomic E-state index is -0.464. The zero-order valence-electron chi connectivity index (χ0n) is 20.5. The molecule has 4 N–H and O–H groups in total. The van der Waals surface area contributed by atoms with E-state index in [0.717, 1.165) is 31.6 Å². The minimum absolute atomic E-state index is 0. The molecule has 1 aliphatic heterocycles. The maximum atomic E-state index is 12.5. The van der Waals surface area contributed by atoms with Crippen LogP contribution >= 0.6 is 12.4 Å². The van der Waals surface area contributed by atoms with Crippen LogP contribution in [0, 0.1) is 0 Å². The van der Waals surface area contributed by atoms with Crippen molar-refractivity contribution in [3.05, 3.63) is 60.0 Å². The number of hydrogen-bond acceptors (Lipinski definition) is 7. The second kappa shape index (κ2) is 11.9. The molecule has 10 nitrogen and oxygen atoms in total. The normalized spacial score (nSPS) is 13.9. The van der Waals surface area contributed by atoms with Gasteiger partial charge in [0.2, 0.25) is 5.88 Å². The standard InChI is InChI=1S/C25H30N6O4.ClH/c1-25(2,3)21-14-22(35-31-21)30-24(33)29-17-6-4-16(5-7-17)28-23(32)20-9-8-19(15-27-20)34-18-10-12-26-13-11-18;/h4-9,14-15,18,26H,10-13H2,1-3H3,(H,28,32)(H2,29,30,33);1H. The van der Waals surface area contributed by atoms with Crippen molar-refractivity contribution in [3.8, 4) is 5.75 Å². The summed E-state index contributed by atoms with van der Waals surface area (Å²) in [6, 6.07) is 11.4. The van der Waals surface area contributed by atoms with Crippen LogP contribution in [-0.4, -0.2) is 41.3 Å². The molecule has 1 saturated heterocycles. The highest BCUT2D eigenvalue weighted by molar-refractivity contribution is 6.03. The molecule has 11 heteroatoms. The number of nitrogens with one attached hydrogen (secondary N) is 4. The molecule has 0 bridgehead atoms. The van der Waals surface area contributed by atoms with Gasteiger partial charge in [0.15, 0.2) is 0 Å². The van der Waals surface area contributed by atoms with Gasteiger partial charge in [-0.1, -0.05) is 25.9 Å². The summed E-state index contributed by atoms with van der Waals surface area (Å²) in [6.45, 7) is 7.90. The third-order valence-electron chi connectivity index (χ3n) is 5.47. The molecule has 0 aliphatic carbocycles. The van der Waals surface area contributed by atoms with Crippen molar-refractivity contribution >= 4 is 41.6 Å². The van der Waals surface area contributed by atoms with Gasteiger partial charge in [-0.05, 0) is 62.3 Å². The van der Waals surface area contributed by atoms with E-state index in [-0.39, 0.29) is 41.4 Å². The van der Waals surface area contributed by atoms with Gasteiger partial charge in [0.05, 0.1) is 11.9 Å². The Kier molecular flexibility index (Phi) is 8.89. The van der Waals surface area contributed by atoms with E-state index < -0.39 is 6.03 Å². The summed E-state index contributed by atoms with van der Waals surface area (Å²) in [5.74, 6) is 0.579. The van der Waals surface area contributed by atoms with Crippen molar-refractivity contribution in [2.75, 3.05) is 29.0 Å². The quantitative estimate of drug-likeness (QED) is 0.371. The fraction of sp³-hybridized carbons (Fsp3) is 0.360. The van der Waals surface area contributed by atoms with Gasteiger partial charge in [-0.2, -0.15) is 0 Å². The van der Waals surface area contributed by atoms with Crippen LogP contribution in [0.15, 0.2) is 53.2 Å².